The Morgan fingerprint density at radius 1 is 1.32 bits per heavy atom. The van der Waals surface area contributed by atoms with Crippen molar-refractivity contribution in [3.05, 3.63) is 36.5 Å². The summed E-state index contributed by atoms with van der Waals surface area (Å²) in [6.45, 7) is 5.31. The van der Waals surface area contributed by atoms with E-state index in [9.17, 15) is 5.11 Å². The molecule has 0 bridgehead atoms. The predicted molar refractivity (Wildman–Crippen MR) is 66.0 cm³/mol. The topological polar surface area (TPSA) is 74.6 Å². The number of rotatable bonds is 2. The summed E-state index contributed by atoms with van der Waals surface area (Å²) in [6.07, 6.45) is 0.808. The second kappa shape index (κ2) is 5.09. The van der Waals surface area contributed by atoms with Gasteiger partial charge in [0.1, 0.15) is 0 Å². The Balaban J connectivity index is 2.16. The van der Waals surface area contributed by atoms with Gasteiger partial charge in [0.2, 0.25) is 11.0 Å². The monoisotopic (exact) mass is 261 g/mol. The fourth-order valence-electron chi connectivity index (χ4n) is 1.36. The van der Waals surface area contributed by atoms with E-state index in [1.165, 1.54) is 10.9 Å². The molecule has 6 heteroatoms. The Hall–Kier alpha value is -2.37. The van der Waals surface area contributed by atoms with Crippen LogP contribution in [0.2, 0.25) is 0 Å². The van der Waals surface area contributed by atoms with Crippen LogP contribution in [0.3, 0.4) is 0 Å². The van der Waals surface area contributed by atoms with Crippen LogP contribution in [0.5, 0.6) is 0 Å². The number of aliphatic imine (C=N–C) groups is 1. The van der Waals surface area contributed by atoms with Gasteiger partial charge in [-0.3, -0.25) is 4.52 Å². The molecule has 0 N–H and O–H groups in total. The van der Waals surface area contributed by atoms with Crippen LogP contribution < -0.4 is 9.79 Å². The first-order valence-electron chi connectivity index (χ1n) is 5.83. The van der Waals surface area contributed by atoms with Gasteiger partial charge in [0.15, 0.2) is 6.08 Å². The van der Waals surface area contributed by atoms with E-state index in [1.807, 2.05) is 30.3 Å². The van der Waals surface area contributed by atoms with E-state index in [0.717, 1.165) is 5.69 Å². The lowest BCUT2D eigenvalue weighted by atomic mass is 10.2. The number of hydrogen-bond donors (Lipinski definition) is 0. The fraction of sp³-hybridized carbons (Fsp3) is 0.308. The fourth-order valence-corrected chi connectivity index (χ4v) is 1.36. The smallest absolute Gasteiger partial charge is 0.323 e. The van der Waals surface area contributed by atoms with E-state index in [0.29, 0.717) is 0 Å². The maximum atomic E-state index is 11.5. The van der Waals surface area contributed by atoms with E-state index in [4.69, 9.17) is 9.26 Å². The molecule has 0 unspecified atom stereocenters. The summed E-state index contributed by atoms with van der Waals surface area (Å²) in [7, 11) is 0. The van der Waals surface area contributed by atoms with Gasteiger partial charge in [-0.25, -0.2) is 0 Å². The minimum absolute atomic E-state index is 0.0955. The SMILES string of the molecule is CC(C)(C)O/C([O-])=N/c1c[n+](-c2ccccc2)no1. The van der Waals surface area contributed by atoms with Crippen molar-refractivity contribution in [2.75, 3.05) is 0 Å². The molecule has 0 aliphatic heterocycles. The van der Waals surface area contributed by atoms with Gasteiger partial charge >= 0.3 is 5.88 Å². The molecule has 0 saturated carbocycles. The molecule has 0 aliphatic carbocycles. The van der Waals surface area contributed by atoms with Crippen LogP contribution in [0.1, 0.15) is 20.8 Å². The standard InChI is InChI=1S/C13H15N3O3/c1-13(2,3)18-12(17)14-11-9-16(15-19-11)10-7-5-4-6-8-10/h4-9H,1-3H3. The minimum Gasteiger partial charge on any atom is -0.594 e. The van der Waals surface area contributed by atoms with E-state index < -0.39 is 11.7 Å². The van der Waals surface area contributed by atoms with E-state index in [2.05, 4.69) is 10.3 Å². The summed E-state index contributed by atoms with van der Waals surface area (Å²) in [6, 6.07) is 9.37. The van der Waals surface area contributed by atoms with Crippen molar-refractivity contribution in [3.63, 3.8) is 0 Å². The zero-order valence-corrected chi connectivity index (χ0v) is 11.0. The molecular weight excluding hydrogens is 246 g/mol. The molecule has 0 atom stereocenters. The zero-order chi connectivity index (χ0) is 13.9. The first kappa shape index (κ1) is 13.1. The normalized spacial score (nSPS) is 12.5. The third-order valence-electron chi connectivity index (χ3n) is 2.07. The van der Waals surface area contributed by atoms with Gasteiger partial charge in [-0.1, -0.05) is 39.0 Å². The molecule has 2 rings (SSSR count). The average molecular weight is 261 g/mol. The first-order chi connectivity index (χ1) is 8.94. The quantitative estimate of drug-likeness (QED) is 0.461. The highest BCUT2D eigenvalue weighted by molar-refractivity contribution is 5.65. The molecule has 19 heavy (non-hydrogen) atoms. The molecule has 0 fully saturated rings. The van der Waals surface area contributed by atoms with Gasteiger partial charge in [-0.05, 0) is 4.68 Å². The molecule has 1 heterocycles. The number of nitrogens with zero attached hydrogens (tertiary/aromatic N) is 3. The molecule has 6 nitrogen and oxygen atoms in total. The van der Waals surface area contributed by atoms with E-state index in [-0.39, 0.29) is 5.88 Å². The van der Waals surface area contributed by atoms with Crippen molar-refractivity contribution < 1.29 is 19.0 Å². The van der Waals surface area contributed by atoms with Crippen LogP contribution in [0, 0.1) is 0 Å². The number of ether oxygens (including phenoxy) is 1. The number of hydrogen-bond acceptors (Lipinski definition) is 5. The van der Waals surface area contributed by atoms with E-state index in [1.54, 1.807) is 20.8 Å². The van der Waals surface area contributed by atoms with Crippen molar-refractivity contribution in [1.82, 2.24) is 5.27 Å². The van der Waals surface area contributed by atoms with Crippen molar-refractivity contribution in [2.45, 2.75) is 26.4 Å². The lowest BCUT2D eigenvalue weighted by molar-refractivity contribution is -0.670. The molecule has 0 spiro atoms. The van der Waals surface area contributed by atoms with Crippen LogP contribution in [0.4, 0.5) is 5.88 Å². The van der Waals surface area contributed by atoms with Gasteiger partial charge in [0.25, 0.3) is 6.20 Å². The maximum absolute atomic E-state index is 11.5. The molecule has 2 aromatic rings. The van der Waals surface area contributed by atoms with Crippen molar-refractivity contribution in [3.8, 4) is 5.69 Å². The summed E-state index contributed by atoms with van der Waals surface area (Å²) >= 11 is 0. The number of para-hydroxylation sites is 1. The number of aromatic nitrogens is 2. The van der Waals surface area contributed by atoms with Crippen molar-refractivity contribution in [1.29, 1.82) is 0 Å². The van der Waals surface area contributed by atoms with Crippen LogP contribution in [0.15, 0.2) is 46.0 Å². The first-order valence-corrected chi connectivity index (χ1v) is 5.83. The largest absolute Gasteiger partial charge is 0.594 e. The summed E-state index contributed by atoms with van der Waals surface area (Å²) in [5.74, 6) is 0.0955. The molecular formula is C13H15N3O3. The molecule has 0 saturated heterocycles. The highest BCUT2D eigenvalue weighted by Gasteiger charge is 2.14. The molecule has 100 valence electrons. The maximum Gasteiger partial charge on any atom is 0.323 e. The average Bonchev–Trinajstić information content (AvgIpc) is 2.76. The van der Waals surface area contributed by atoms with Gasteiger partial charge in [0.05, 0.1) is 0 Å². The zero-order valence-electron chi connectivity index (χ0n) is 11.0. The van der Waals surface area contributed by atoms with Gasteiger partial charge in [-0.2, -0.15) is 4.99 Å². The van der Waals surface area contributed by atoms with Crippen LogP contribution in [-0.2, 0) is 4.74 Å². The second-order valence-corrected chi connectivity index (χ2v) is 4.91. The highest BCUT2D eigenvalue weighted by Crippen LogP contribution is 2.11. The summed E-state index contributed by atoms with van der Waals surface area (Å²) in [5, 5.41) is 15.3. The second-order valence-electron chi connectivity index (χ2n) is 4.91. The highest BCUT2D eigenvalue weighted by atomic mass is 16.6. The number of benzene rings is 1. The summed E-state index contributed by atoms with van der Waals surface area (Å²) in [5.41, 5.74) is 0.229. The van der Waals surface area contributed by atoms with E-state index >= 15 is 0 Å². The van der Waals surface area contributed by atoms with Crippen molar-refractivity contribution >= 4 is 12.0 Å². The Morgan fingerprint density at radius 3 is 2.63 bits per heavy atom. The lowest BCUT2D eigenvalue weighted by Gasteiger charge is -2.28. The lowest BCUT2D eigenvalue weighted by Crippen LogP contribution is -2.32. The van der Waals surface area contributed by atoms with Gasteiger partial charge < -0.3 is 9.84 Å². The van der Waals surface area contributed by atoms with Crippen molar-refractivity contribution in [2.24, 2.45) is 4.99 Å². The Morgan fingerprint density at radius 2 is 2.00 bits per heavy atom. The van der Waals surface area contributed by atoms with Gasteiger partial charge in [0, 0.05) is 17.7 Å². The molecule has 0 radical (unpaired) electrons. The van der Waals surface area contributed by atoms with Crippen LogP contribution >= 0.6 is 0 Å². The van der Waals surface area contributed by atoms with Crippen LogP contribution in [-0.4, -0.2) is 17.0 Å². The third kappa shape index (κ3) is 3.80. The van der Waals surface area contributed by atoms with Crippen LogP contribution in [0.25, 0.3) is 5.69 Å². The van der Waals surface area contributed by atoms with Gasteiger partial charge in [-0.15, -0.1) is 0 Å². The molecule has 1 aromatic heterocycles. The molecule has 0 amide bonds. The Bertz CT molecular complexity index is 570. The molecule has 0 aliphatic rings. The minimum atomic E-state index is -0.705. The summed E-state index contributed by atoms with van der Waals surface area (Å²) in [4.78, 5) is 3.68. The third-order valence-corrected chi connectivity index (χ3v) is 2.07. The predicted octanol–water partition coefficient (Wildman–Crippen LogP) is 1.11. The molecule has 1 aromatic carbocycles. The Kier molecular flexibility index (Phi) is 3.50. The Labute approximate surface area is 110 Å². The summed E-state index contributed by atoms with van der Waals surface area (Å²) < 4.78 is 11.5.